The normalized spacial score (nSPS) is 11.3. The highest BCUT2D eigenvalue weighted by Crippen LogP contribution is 2.15. The first-order chi connectivity index (χ1) is 15.1. The van der Waals surface area contributed by atoms with Gasteiger partial charge in [-0.2, -0.15) is 0 Å². The summed E-state index contributed by atoms with van der Waals surface area (Å²) in [7, 11) is 0. The molecule has 154 valence electrons. The zero-order valence-corrected chi connectivity index (χ0v) is 16.3. The van der Waals surface area contributed by atoms with E-state index in [0.717, 1.165) is 10.1 Å². The Bertz CT molecular complexity index is 1460. The Morgan fingerprint density at radius 3 is 2.39 bits per heavy atom. The number of furan rings is 1. The minimum absolute atomic E-state index is 0.0294. The van der Waals surface area contributed by atoms with E-state index in [1.807, 2.05) is 30.3 Å². The molecule has 0 aliphatic rings. The molecule has 0 atom stereocenters. The maximum Gasteiger partial charge on any atom is 0.337 e. The Morgan fingerprint density at radius 1 is 0.903 bits per heavy atom. The fraction of sp³-hybridized carbons (Fsp3) is 0.0870. The molecule has 0 spiro atoms. The zero-order valence-electron chi connectivity index (χ0n) is 16.3. The first-order valence-electron chi connectivity index (χ1n) is 9.65. The van der Waals surface area contributed by atoms with E-state index in [-0.39, 0.29) is 17.7 Å². The van der Waals surface area contributed by atoms with Crippen molar-refractivity contribution in [1.82, 2.24) is 18.7 Å². The third kappa shape index (κ3) is 3.38. The van der Waals surface area contributed by atoms with Crippen molar-refractivity contribution in [3.05, 3.63) is 117 Å². The molecule has 0 saturated carbocycles. The van der Waals surface area contributed by atoms with Crippen LogP contribution in [0.25, 0.3) is 16.9 Å². The lowest BCUT2D eigenvalue weighted by Crippen LogP contribution is -2.40. The van der Waals surface area contributed by atoms with E-state index >= 15 is 0 Å². The van der Waals surface area contributed by atoms with Crippen LogP contribution in [0.4, 0.5) is 4.39 Å². The van der Waals surface area contributed by atoms with Crippen molar-refractivity contribution < 1.29 is 8.81 Å². The van der Waals surface area contributed by atoms with Crippen LogP contribution in [0, 0.1) is 5.82 Å². The molecule has 5 rings (SSSR count). The van der Waals surface area contributed by atoms with Crippen LogP contribution in [0.2, 0.25) is 0 Å². The molecule has 3 heterocycles. The predicted molar refractivity (Wildman–Crippen MR) is 113 cm³/mol. The van der Waals surface area contributed by atoms with Gasteiger partial charge >= 0.3 is 5.69 Å². The number of rotatable bonds is 5. The number of hydrogen-bond acceptors (Lipinski definition) is 4. The maximum absolute atomic E-state index is 13.5. The van der Waals surface area contributed by atoms with Crippen LogP contribution in [-0.2, 0) is 13.1 Å². The van der Waals surface area contributed by atoms with E-state index in [2.05, 4.69) is 4.98 Å². The van der Waals surface area contributed by atoms with Gasteiger partial charge in [-0.05, 0) is 42.0 Å². The van der Waals surface area contributed by atoms with Gasteiger partial charge in [0.2, 0.25) is 0 Å². The summed E-state index contributed by atoms with van der Waals surface area (Å²) in [6.07, 6.45) is 3.02. The molecule has 7 nitrogen and oxygen atoms in total. The molecule has 0 aliphatic carbocycles. The molecule has 0 N–H and O–H groups in total. The number of benzene rings is 2. The SMILES string of the molecule is O=c1c2c(ncn2Cc2ccccc2)n(-c2ccc(F)cc2)c(=O)n1Cc1ccco1. The maximum atomic E-state index is 13.5. The monoisotopic (exact) mass is 416 g/mol. The van der Waals surface area contributed by atoms with Gasteiger partial charge in [0.1, 0.15) is 11.6 Å². The predicted octanol–water partition coefficient (Wildman–Crippen LogP) is 3.18. The molecule has 0 fully saturated rings. The zero-order chi connectivity index (χ0) is 21.4. The van der Waals surface area contributed by atoms with E-state index < -0.39 is 17.1 Å². The van der Waals surface area contributed by atoms with Crippen LogP contribution < -0.4 is 11.2 Å². The van der Waals surface area contributed by atoms with Crippen LogP contribution >= 0.6 is 0 Å². The standard InChI is InChI=1S/C23H17FN4O3/c24-17-8-10-18(11-9-17)28-21-20(26(15-25-21)13-16-5-2-1-3-6-16)22(29)27(23(28)30)14-19-7-4-12-31-19/h1-12,15H,13-14H2. The van der Waals surface area contributed by atoms with Gasteiger partial charge in [-0.25, -0.2) is 18.7 Å². The van der Waals surface area contributed by atoms with E-state index in [1.165, 1.54) is 41.4 Å². The summed E-state index contributed by atoms with van der Waals surface area (Å²) in [5, 5.41) is 0. The fourth-order valence-electron chi connectivity index (χ4n) is 3.60. The minimum Gasteiger partial charge on any atom is -0.467 e. The van der Waals surface area contributed by atoms with Crippen molar-refractivity contribution in [1.29, 1.82) is 0 Å². The van der Waals surface area contributed by atoms with E-state index in [0.29, 0.717) is 18.0 Å². The summed E-state index contributed by atoms with van der Waals surface area (Å²) in [6, 6.07) is 18.5. The van der Waals surface area contributed by atoms with Gasteiger partial charge in [0.25, 0.3) is 5.56 Å². The molecule has 5 aromatic rings. The van der Waals surface area contributed by atoms with E-state index in [1.54, 1.807) is 16.7 Å². The van der Waals surface area contributed by atoms with Crippen LogP contribution in [0.3, 0.4) is 0 Å². The van der Waals surface area contributed by atoms with Gasteiger partial charge < -0.3 is 8.98 Å². The van der Waals surface area contributed by atoms with Gasteiger partial charge in [0, 0.05) is 6.54 Å². The van der Waals surface area contributed by atoms with Crippen LogP contribution in [0.1, 0.15) is 11.3 Å². The van der Waals surface area contributed by atoms with Crippen LogP contribution in [0.5, 0.6) is 0 Å². The molecule has 0 saturated heterocycles. The highest BCUT2D eigenvalue weighted by Gasteiger charge is 2.20. The van der Waals surface area contributed by atoms with Crippen molar-refractivity contribution in [3.8, 4) is 5.69 Å². The lowest BCUT2D eigenvalue weighted by Gasteiger charge is -2.12. The lowest BCUT2D eigenvalue weighted by atomic mass is 10.2. The lowest BCUT2D eigenvalue weighted by molar-refractivity contribution is 0.482. The first-order valence-corrected chi connectivity index (χ1v) is 9.65. The summed E-state index contributed by atoms with van der Waals surface area (Å²) in [4.78, 5) is 31.1. The quantitative estimate of drug-likeness (QED) is 0.441. The Balaban J connectivity index is 1.77. The summed E-state index contributed by atoms with van der Waals surface area (Å²) in [6.45, 7) is 0.382. The second-order valence-corrected chi connectivity index (χ2v) is 7.10. The molecule has 0 aliphatic heterocycles. The minimum atomic E-state index is -0.578. The molecular formula is C23H17FN4O3. The van der Waals surface area contributed by atoms with Gasteiger partial charge in [0.15, 0.2) is 11.2 Å². The highest BCUT2D eigenvalue weighted by atomic mass is 19.1. The molecule has 0 radical (unpaired) electrons. The highest BCUT2D eigenvalue weighted by molar-refractivity contribution is 5.72. The van der Waals surface area contributed by atoms with Crippen molar-refractivity contribution in [2.45, 2.75) is 13.1 Å². The molecule has 31 heavy (non-hydrogen) atoms. The van der Waals surface area contributed by atoms with Gasteiger partial charge in [-0.3, -0.25) is 9.36 Å². The van der Waals surface area contributed by atoms with Gasteiger partial charge in [-0.1, -0.05) is 30.3 Å². The van der Waals surface area contributed by atoms with Crippen molar-refractivity contribution in [2.75, 3.05) is 0 Å². The summed E-state index contributed by atoms with van der Waals surface area (Å²) in [5.41, 5.74) is 0.842. The molecule has 0 bridgehead atoms. The van der Waals surface area contributed by atoms with Gasteiger partial charge in [-0.15, -0.1) is 0 Å². The second kappa shape index (κ2) is 7.56. The third-order valence-corrected chi connectivity index (χ3v) is 5.07. The molecular weight excluding hydrogens is 399 g/mol. The smallest absolute Gasteiger partial charge is 0.337 e. The van der Waals surface area contributed by atoms with Crippen molar-refractivity contribution >= 4 is 11.2 Å². The Kier molecular flexibility index (Phi) is 4.59. The topological polar surface area (TPSA) is 75.0 Å². The third-order valence-electron chi connectivity index (χ3n) is 5.07. The molecule has 2 aromatic carbocycles. The average molecular weight is 416 g/mol. The van der Waals surface area contributed by atoms with Crippen molar-refractivity contribution in [2.24, 2.45) is 0 Å². The number of hydrogen-bond donors (Lipinski definition) is 0. The summed E-state index contributed by atoms with van der Waals surface area (Å²) >= 11 is 0. The number of halogens is 1. The number of aromatic nitrogens is 4. The van der Waals surface area contributed by atoms with Crippen LogP contribution in [0.15, 0.2) is 93.3 Å². The largest absolute Gasteiger partial charge is 0.467 e. The molecule has 0 unspecified atom stereocenters. The molecule has 3 aromatic heterocycles. The van der Waals surface area contributed by atoms with E-state index in [4.69, 9.17) is 4.42 Å². The molecule has 0 amide bonds. The van der Waals surface area contributed by atoms with Crippen LogP contribution in [-0.4, -0.2) is 18.7 Å². The number of imidazole rings is 1. The molecule has 8 heteroatoms. The Hall–Kier alpha value is -4.20. The van der Waals surface area contributed by atoms with E-state index in [9.17, 15) is 14.0 Å². The number of fused-ring (bicyclic) bond motifs is 1. The first kappa shape index (κ1) is 18.8. The summed E-state index contributed by atoms with van der Waals surface area (Å²) in [5.74, 6) is 0.0462. The van der Waals surface area contributed by atoms with Gasteiger partial charge in [0.05, 0.1) is 24.8 Å². The Labute approximate surface area is 175 Å². The second-order valence-electron chi connectivity index (χ2n) is 7.10. The average Bonchev–Trinajstić information content (AvgIpc) is 3.44. The summed E-state index contributed by atoms with van der Waals surface area (Å²) < 4.78 is 23.0. The Morgan fingerprint density at radius 2 is 1.68 bits per heavy atom. The number of nitrogens with zero attached hydrogens (tertiary/aromatic N) is 4. The van der Waals surface area contributed by atoms with Crippen molar-refractivity contribution in [3.63, 3.8) is 0 Å². The fourth-order valence-corrected chi connectivity index (χ4v) is 3.60.